The second-order valence-corrected chi connectivity index (χ2v) is 9.59. The van der Waals surface area contributed by atoms with Gasteiger partial charge in [-0.2, -0.15) is 0 Å². The quantitative estimate of drug-likeness (QED) is 0.298. The number of benzene rings is 2. The van der Waals surface area contributed by atoms with Crippen molar-refractivity contribution >= 4 is 57.3 Å². The molecule has 1 aliphatic heterocycles. The highest BCUT2D eigenvalue weighted by molar-refractivity contribution is 6.33. The van der Waals surface area contributed by atoms with E-state index >= 15 is 0 Å². The van der Waals surface area contributed by atoms with E-state index in [0.717, 1.165) is 31.9 Å². The molecule has 1 fully saturated rings. The molecule has 0 spiro atoms. The number of pyridine rings is 1. The van der Waals surface area contributed by atoms with Gasteiger partial charge < -0.3 is 26.2 Å². The third kappa shape index (κ3) is 5.66. The third-order valence-corrected chi connectivity index (χ3v) is 6.87. The zero-order chi connectivity index (χ0) is 27.5. The van der Waals surface area contributed by atoms with Gasteiger partial charge in [0.05, 0.1) is 27.5 Å². The average molecular weight is 543 g/mol. The maximum Gasteiger partial charge on any atom is 0.249 e. The maximum absolute atomic E-state index is 12.4. The van der Waals surface area contributed by atoms with Crippen molar-refractivity contribution in [2.45, 2.75) is 0 Å². The fraction of sp³-hybridized carbons (Fsp3) is 0.179. The summed E-state index contributed by atoms with van der Waals surface area (Å²) >= 11 is 6.64. The minimum absolute atomic E-state index is 0.237. The fourth-order valence-electron chi connectivity index (χ4n) is 4.45. The van der Waals surface area contributed by atoms with Crippen molar-refractivity contribution in [1.29, 1.82) is 0 Å². The first-order valence-corrected chi connectivity index (χ1v) is 12.7. The first kappa shape index (κ1) is 26.1. The number of amides is 2. The summed E-state index contributed by atoms with van der Waals surface area (Å²) in [4.78, 5) is 42.4. The predicted molar refractivity (Wildman–Crippen MR) is 155 cm³/mol. The third-order valence-electron chi connectivity index (χ3n) is 6.55. The average Bonchev–Trinajstić information content (AvgIpc) is 2.94. The molecule has 10 nitrogen and oxygen atoms in total. The minimum Gasteiger partial charge on any atom is -0.369 e. The molecule has 0 saturated carbocycles. The predicted octanol–water partition coefficient (Wildman–Crippen LogP) is 4.06. The Morgan fingerprint density at radius 1 is 1.08 bits per heavy atom. The summed E-state index contributed by atoms with van der Waals surface area (Å²) in [6.07, 6.45) is 4.34. The van der Waals surface area contributed by atoms with Crippen LogP contribution in [0.25, 0.3) is 22.2 Å². The van der Waals surface area contributed by atoms with Crippen molar-refractivity contribution < 1.29 is 9.59 Å². The molecule has 2 amide bonds. The van der Waals surface area contributed by atoms with Crippen LogP contribution < -0.4 is 21.3 Å². The van der Waals surface area contributed by atoms with Gasteiger partial charge in [-0.25, -0.2) is 9.97 Å². The Morgan fingerprint density at radius 2 is 1.87 bits per heavy atom. The standard InChI is InChI=1S/C28H27ClN8O2/c1-3-24(38)33-18-8-9-31-23(14-18)25-20(27(30)39)6-4-17-16-32-28(35-26(17)25)34-22-7-5-19(15-21(22)29)37-12-10-36(2)11-13-37/h3-9,14-16H,1,10-13H2,2H3,(H2,30,39)(H,31,33,38)(H,32,34,35). The minimum atomic E-state index is -0.634. The van der Waals surface area contributed by atoms with E-state index in [4.69, 9.17) is 22.3 Å². The summed E-state index contributed by atoms with van der Waals surface area (Å²) in [7, 11) is 2.12. The van der Waals surface area contributed by atoms with Crippen molar-refractivity contribution in [2.24, 2.45) is 5.73 Å². The maximum atomic E-state index is 12.4. The highest BCUT2D eigenvalue weighted by atomic mass is 35.5. The Hall–Kier alpha value is -4.54. The van der Waals surface area contributed by atoms with Crippen LogP contribution in [0.3, 0.4) is 0 Å². The van der Waals surface area contributed by atoms with Gasteiger partial charge in [-0.1, -0.05) is 24.2 Å². The first-order chi connectivity index (χ1) is 18.8. The second-order valence-electron chi connectivity index (χ2n) is 9.19. The van der Waals surface area contributed by atoms with Gasteiger partial charge in [0.1, 0.15) is 0 Å². The van der Waals surface area contributed by atoms with Crippen LogP contribution in [0.15, 0.2) is 67.5 Å². The summed E-state index contributed by atoms with van der Waals surface area (Å²) in [5.74, 6) is -0.717. The van der Waals surface area contributed by atoms with Gasteiger partial charge in [-0.05, 0) is 49.5 Å². The number of halogens is 1. The SMILES string of the molecule is C=CC(=O)Nc1ccnc(-c2c(C(N)=O)ccc3cnc(Nc4ccc(N5CCN(C)CC5)cc4Cl)nc23)c1. The molecular formula is C28H27ClN8O2. The van der Waals surface area contributed by atoms with Crippen LogP contribution >= 0.6 is 11.6 Å². The molecule has 5 rings (SSSR count). The van der Waals surface area contributed by atoms with Crippen LogP contribution in [0.4, 0.5) is 23.0 Å². The highest BCUT2D eigenvalue weighted by Crippen LogP contribution is 2.33. The number of likely N-dealkylation sites (N-methyl/N-ethyl adjacent to an activating group) is 1. The lowest BCUT2D eigenvalue weighted by atomic mass is 9.99. The summed E-state index contributed by atoms with van der Waals surface area (Å²) in [6, 6.07) is 12.5. The molecule has 0 atom stereocenters. The Balaban J connectivity index is 1.51. The van der Waals surface area contributed by atoms with E-state index in [9.17, 15) is 9.59 Å². The number of anilines is 4. The topological polar surface area (TPSA) is 129 Å². The van der Waals surface area contributed by atoms with Crippen molar-refractivity contribution in [3.63, 3.8) is 0 Å². The zero-order valence-corrected chi connectivity index (χ0v) is 22.1. The molecule has 11 heteroatoms. The fourth-order valence-corrected chi connectivity index (χ4v) is 4.67. The number of rotatable bonds is 7. The molecule has 2 aromatic heterocycles. The van der Waals surface area contributed by atoms with E-state index in [1.807, 2.05) is 18.2 Å². The summed E-state index contributed by atoms with van der Waals surface area (Å²) in [5.41, 5.74) is 9.45. The number of nitrogens with one attached hydrogen (secondary N) is 2. The van der Waals surface area contributed by atoms with Gasteiger partial charge in [-0.3, -0.25) is 14.6 Å². The molecule has 4 aromatic rings. The molecule has 198 valence electrons. The molecule has 1 aliphatic rings. The largest absolute Gasteiger partial charge is 0.369 e. The lowest BCUT2D eigenvalue weighted by Crippen LogP contribution is -2.44. The van der Waals surface area contributed by atoms with Gasteiger partial charge in [0.15, 0.2) is 0 Å². The zero-order valence-electron chi connectivity index (χ0n) is 21.3. The molecular weight excluding hydrogens is 516 g/mol. The number of fused-ring (bicyclic) bond motifs is 1. The van der Waals surface area contributed by atoms with Crippen LogP contribution in [0.1, 0.15) is 10.4 Å². The van der Waals surface area contributed by atoms with Crippen molar-refractivity contribution in [3.05, 3.63) is 78.1 Å². The molecule has 0 radical (unpaired) electrons. The number of nitrogens with zero attached hydrogens (tertiary/aromatic N) is 5. The van der Waals surface area contributed by atoms with Crippen LogP contribution in [0.2, 0.25) is 5.02 Å². The number of carbonyl (C=O) groups excluding carboxylic acids is 2. The van der Waals surface area contributed by atoms with Crippen molar-refractivity contribution in [2.75, 3.05) is 48.8 Å². The first-order valence-electron chi connectivity index (χ1n) is 12.3. The van der Waals surface area contributed by atoms with Crippen LogP contribution in [-0.4, -0.2) is 64.9 Å². The monoisotopic (exact) mass is 542 g/mol. The van der Waals surface area contributed by atoms with Gasteiger partial charge in [-0.15, -0.1) is 0 Å². The Morgan fingerprint density at radius 3 is 2.59 bits per heavy atom. The van der Waals surface area contributed by atoms with E-state index in [1.165, 1.54) is 12.3 Å². The second kappa shape index (κ2) is 11.1. The molecule has 0 bridgehead atoms. The van der Waals surface area contributed by atoms with Crippen molar-refractivity contribution in [3.8, 4) is 11.3 Å². The van der Waals surface area contributed by atoms with Gasteiger partial charge in [0.2, 0.25) is 17.8 Å². The van der Waals surface area contributed by atoms with E-state index in [0.29, 0.717) is 38.6 Å². The van der Waals surface area contributed by atoms with Crippen molar-refractivity contribution in [1.82, 2.24) is 19.9 Å². The van der Waals surface area contributed by atoms with E-state index < -0.39 is 5.91 Å². The van der Waals surface area contributed by atoms with Gasteiger partial charge in [0, 0.05) is 60.9 Å². The van der Waals surface area contributed by atoms with Crippen LogP contribution in [0.5, 0.6) is 0 Å². The Kier molecular flexibility index (Phi) is 7.40. The molecule has 2 aromatic carbocycles. The number of aromatic nitrogens is 3. The lowest BCUT2D eigenvalue weighted by Gasteiger charge is -2.34. The van der Waals surface area contributed by atoms with Crippen LogP contribution in [-0.2, 0) is 4.79 Å². The summed E-state index contributed by atoms with van der Waals surface area (Å²) in [5, 5.41) is 7.10. The number of hydrogen-bond acceptors (Lipinski definition) is 8. The number of nitrogens with two attached hydrogens (primary N) is 1. The molecule has 39 heavy (non-hydrogen) atoms. The normalized spacial score (nSPS) is 13.7. The van der Waals surface area contributed by atoms with Crippen LogP contribution in [0, 0.1) is 0 Å². The highest BCUT2D eigenvalue weighted by Gasteiger charge is 2.19. The number of primary amides is 1. The summed E-state index contributed by atoms with van der Waals surface area (Å²) in [6.45, 7) is 7.33. The number of hydrogen-bond donors (Lipinski definition) is 3. The van der Waals surface area contributed by atoms with Gasteiger partial charge >= 0.3 is 0 Å². The van der Waals surface area contributed by atoms with E-state index in [1.54, 1.807) is 30.5 Å². The molecule has 1 saturated heterocycles. The molecule has 4 N–H and O–H groups in total. The Bertz CT molecular complexity index is 1580. The smallest absolute Gasteiger partial charge is 0.249 e. The molecule has 0 unspecified atom stereocenters. The number of carbonyl (C=O) groups is 2. The van der Waals surface area contributed by atoms with E-state index in [2.05, 4.69) is 44.0 Å². The lowest BCUT2D eigenvalue weighted by molar-refractivity contribution is -0.111. The molecule has 0 aliphatic carbocycles. The summed E-state index contributed by atoms with van der Waals surface area (Å²) < 4.78 is 0. The Labute approximate surface area is 230 Å². The van der Waals surface area contributed by atoms with Gasteiger partial charge in [0.25, 0.3) is 0 Å². The van der Waals surface area contributed by atoms with E-state index in [-0.39, 0.29) is 17.4 Å². The number of piperazine rings is 1. The molecule has 3 heterocycles.